The molecule has 0 aromatic heterocycles. The van der Waals surface area contributed by atoms with Gasteiger partial charge in [-0.15, -0.1) is 11.8 Å². The Kier molecular flexibility index (Phi) is 7.68. The molecular weight excluding hydrogens is 380 g/mol. The fourth-order valence-corrected chi connectivity index (χ4v) is 4.18. The molecule has 1 atom stereocenters. The Morgan fingerprint density at radius 2 is 1.93 bits per heavy atom. The largest absolute Gasteiger partial charge is 0.381 e. The molecule has 27 heavy (non-hydrogen) atoms. The first-order valence-corrected chi connectivity index (χ1v) is 11.0. The van der Waals surface area contributed by atoms with Crippen LogP contribution >= 0.6 is 11.8 Å². The molecule has 0 aliphatic rings. The summed E-state index contributed by atoms with van der Waals surface area (Å²) in [5.74, 6) is 0.844. The highest BCUT2D eigenvalue weighted by Gasteiger charge is 2.16. The molecule has 0 aliphatic heterocycles. The van der Waals surface area contributed by atoms with Crippen LogP contribution in [0.25, 0.3) is 0 Å². The number of thioether (sulfide) groups is 1. The van der Waals surface area contributed by atoms with E-state index in [0.29, 0.717) is 5.69 Å². The van der Waals surface area contributed by atoms with E-state index in [-0.39, 0.29) is 16.5 Å². The van der Waals surface area contributed by atoms with Crippen molar-refractivity contribution in [3.05, 3.63) is 54.1 Å². The summed E-state index contributed by atoms with van der Waals surface area (Å²) in [4.78, 5) is 3.16. The van der Waals surface area contributed by atoms with Crippen molar-refractivity contribution in [3.8, 4) is 6.07 Å². The third-order valence-corrected chi connectivity index (χ3v) is 6.04. The Morgan fingerprint density at radius 1 is 1.22 bits per heavy atom. The number of nitrogens with zero attached hydrogens (tertiary/aromatic N) is 2. The zero-order valence-corrected chi connectivity index (χ0v) is 17.1. The molecule has 2 aromatic carbocycles. The van der Waals surface area contributed by atoms with Crippen LogP contribution < -0.4 is 10.5 Å². The van der Waals surface area contributed by atoms with Crippen molar-refractivity contribution in [2.24, 2.45) is 5.14 Å². The number of benzene rings is 2. The SMILES string of the molecule is CN(C)CC[C@H](CSc1ccccc1)Nc1ccc(S(N)(=O)=O)c(C#N)c1. The van der Waals surface area contributed by atoms with Crippen LogP contribution in [-0.2, 0) is 10.0 Å². The highest BCUT2D eigenvalue weighted by atomic mass is 32.2. The average molecular weight is 405 g/mol. The zero-order chi connectivity index (χ0) is 19.9. The monoisotopic (exact) mass is 404 g/mol. The van der Waals surface area contributed by atoms with E-state index < -0.39 is 10.0 Å². The van der Waals surface area contributed by atoms with Crippen molar-refractivity contribution < 1.29 is 8.42 Å². The number of hydrogen-bond donors (Lipinski definition) is 2. The second kappa shape index (κ2) is 9.76. The van der Waals surface area contributed by atoms with Crippen LogP contribution in [0.2, 0.25) is 0 Å². The van der Waals surface area contributed by atoms with Gasteiger partial charge in [-0.1, -0.05) is 18.2 Å². The van der Waals surface area contributed by atoms with Crippen molar-refractivity contribution in [1.29, 1.82) is 5.26 Å². The summed E-state index contributed by atoms with van der Waals surface area (Å²) in [6.07, 6.45) is 0.908. The van der Waals surface area contributed by atoms with E-state index in [4.69, 9.17) is 5.14 Å². The maximum Gasteiger partial charge on any atom is 0.239 e. The molecular formula is C19H24N4O2S2. The first kappa shape index (κ1) is 21.3. The van der Waals surface area contributed by atoms with Crippen molar-refractivity contribution in [3.63, 3.8) is 0 Å². The first-order chi connectivity index (χ1) is 12.8. The second-order valence-corrected chi connectivity index (χ2v) is 9.05. The molecule has 0 aliphatic carbocycles. The van der Waals surface area contributed by atoms with Crippen molar-refractivity contribution in [1.82, 2.24) is 4.90 Å². The van der Waals surface area contributed by atoms with Gasteiger partial charge in [0.2, 0.25) is 10.0 Å². The lowest BCUT2D eigenvalue weighted by atomic mass is 10.1. The highest BCUT2D eigenvalue weighted by Crippen LogP contribution is 2.23. The minimum absolute atomic E-state index is 0.0459. The second-order valence-electron chi connectivity index (χ2n) is 6.43. The predicted octanol–water partition coefficient (Wildman–Crippen LogP) is 2.73. The maximum absolute atomic E-state index is 11.6. The molecule has 0 spiro atoms. The molecule has 3 N–H and O–H groups in total. The molecule has 0 unspecified atom stereocenters. The highest BCUT2D eigenvalue weighted by molar-refractivity contribution is 7.99. The molecule has 0 bridgehead atoms. The van der Waals surface area contributed by atoms with Gasteiger partial charge >= 0.3 is 0 Å². The number of hydrogen-bond acceptors (Lipinski definition) is 6. The summed E-state index contributed by atoms with van der Waals surface area (Å²) in [6, 6.07) is 16.8. The third kappa shape index (κ3) is 6.88. The predicted molar refractivity (Wildman–Crippen MR) is 110 cm³/mol. The number of nitrogens with two attached hydrogens (primary N) is 1. The molecule has 0 heterocycles. The Hall–Kier alpha value is -2.05. The lowest BCUT2D eigenvalue weighted by Crippen LogP contribution is -2.27. The number of nitrogens with one attached hydrogen (secondary N) is 1. The smallest absolute Gasteiger partial charge is 0.239 e. The van der Waals surface area contributed by atoms with Gasteiger partial charge in [0.25, 0.3) is 0 Å². The van der Waals surface area contributed by atoms with Gasteiger partial charge in [0.15, 0.2) is 0 Å². The van der Waals surface area contributed by atoms with Gasteiger partial charge in [-0.05, 0) is 57.4 Å². The summed E-state index contributed by atoms with van der Waals surface area (Å²) < 4.78 is 23.2. The maximum atomic E-state index is 11.6. The zero-order valence-electron chi connectivity index (χ0n) is 15.4. The summed E-state index contributed by atoms with van der Waals surface area (Å²) in [5, 5.41) is 17.9. The van der Waals surface area contributed by atoms with Gasteiger partial charge in [-0.25, -0.2) is 13.6 Å². The van der Waals surface area contributed by atoms with Crippen LogP contribution in [0.4, 0.5) is 5.69 Å². The van der Waals surface area contributed by atoms with Crippen LogP contribution in [-0.4, -0.2) is 45.8 Å². The van der Waals surface area contributed by atoms with E-state index >= 15 is 0 Å². The van der Waals surface area contributed by atoms with Crippen LogP contribution in [0.1, 0.15) is 12.0 Å². The molecule has 0 amide bonds. The van der Waals surface area contributed by atoms with E-state index in [2.05, 4.69) is 22.3 Å². The number of primary sulfonamides is 1. The fourth-order valence-electron chi connectivity index (χ4n) is 2.52. The molecule has 144 valence electrons. The van der Waals surface area contributed by atoms with Crippen LogP contribution in [0.15, 0.2) is 58.3 Å². The van der Waals surface area contributed by atoms with Crippen molar-refractivity contribution in [2.45, 2.75) is 22.3 Å². The van der Waals surface area contributed by atoms with Crippen molar-refractivity contribution in [2.75, 3.05) is 31.7 Å². The Balaban J connectivity index is 2.15. The lowest BCUT2D eigenvalue weighted by molar-refractivity contribution is 0.391. The number of rotatable bonds is 9. The summed E-state index contributed by atoms with van der Waals surface area (Å²) >= 11 is 1.75. The standard InChI is InChI=1S/C19H24N4O2S2/c1-23(2)11-10-17(14-26-18-6-4-3-5-7-18)22-16-8-9-19(27(21,24)25)15(12-16)13-20/h3-9,12,17,22H,10-11,14H2,1-2H3,(H2,21,24,25)/t17-/m1/s1. The topological polar surface area (TPSA) is 99.2 Å². The summed E-state index contributed by atoms with van der Waals surface area (Å²) in [5.41, 5.74) is 0.751. The molecule has 2 aromatic rings. The molecule has 0 radical (unpaired) electrons. The van der Waals surface area contributed by atoms with Crippen molar-refractivity contribution >= 4 is 27.5 Å². The van der Waals surface area contributed by atoms with Crippen LogP contribution in [0.3, 0.4) is 0 Å². The molecule has 0 saturated carbocycles. The molecule has 6 nitrogen and oxygen atoms in total. The third-order valence-electron chi connectivity index (χ3n) is 3.90. The minimum atomic E-state index is -3.92. The van der Waals surface area contributed by atoms with Gasteiger partial charge in [-0.3, -0.25) is 0 Å². The van der Waals surface area contributed by atoms with Gasteiger partial charge < -0.3 is 10.2 Å². The molecule has 2 rings (SSSR count). The Bertz CT molecular complexity index is 894. The quantitative estimate of drug-likeness (QED) is 0.624. The summed E-state index contributed by atoms with van der Waals surface area (Å²) in [6.45, 7) is 0.910. The molecule has 0 fully saturated rings. The molecule has 8 heteroatoms. The van der Waals surface area contributed by atoms with E-state index in [1.54, 1.807) is 17.8 Å². The average Bonchev–Trinajstić information content (AvgIpc) is 2.63. The number of sulfonamides is 1. The number of anilines is 1. The van der Waals surface area contributed by atoms with Crippen LogP contribution in [0.5, 0.6) is 0 Å². The normalized spacial score (nSPS) is 12.6. The van der Waals surface area contributed by atoms with E-state index in [9.17, 15) is 13.7 Å². The molecule has 0 saturated heterocycles. The lowest BCUT2D eigenvalue weighted by Gasteiger charge is -2.22. The Labute approximate surface area is 165 Å². The van der Waals surface area contributed by atoms with Gasteiger partial charge in [0.05, 0.1) is 10.5 Å². The van der Waals surface area contributed by atoms with E-state index in [1.807, 2.05) is 38.4 Å². The first-order valence-electron chi connectivity index (χ1n) is 8.45. The van der Waals surface area contributed by atoms with Gasteiger partial charge in [0, 0.05) is 22.4 Å². The van der Waals surface area contributed by atoms with Crippen LogP contribution in [0, 0.1) is 11.3 Å². The Morgan fingerprint density at radius 3 is 2.52 bits per heavy atom. The van der Waals surface area contributed by atoms with Gasteiger partial charge in [-0.2, -0.15) is 5.26 Å². The van der Waals surface area contributed by atoms with E-state index in [0.717, 1.165) is 18.7 Å². The van der Waals surface area contributed by atoms with E-state index in [1.165, 1.54) is 17.0 Å². The fraction of sp³-hybridized carbons (Fsp3) is 0.316. The summed E-state index contributed by atoms with van der Waals surface area (Å²) in [7, 11) is 0.128. The van der Waals surface area contributed by atoms with Gasteiger partial charge in [0.1, 0.15) is 6.07 Å². The minimum Gasteiger partial charge on any atom is -0.381 e. The number of nitriles is 1.